The van der Waals surface area contributed by atoms with Crippen molar-refractivity contribution in [2.45, 2.75) is 31.1 Å². The third kappa shape index (κ3) is 3.48. The molecule has 0 aliphatic carbocycles. The number of rotatable bonds is 5. The number of aliphatic hydroxyl groups is 1. The number of hydrogen-bond donors (Lipinski definition) is 2. The van der Waals surface area contributed by atoms with E-state index >= 15 is 0 Å². The predicted octanol–water partition coefficient (Wildman–Crippen LogP) is 0.630. The fraction of sp³-hybridized carbons (Fsp3) is 0.429. The third-order valence-corrected chi connectivity index (χ3v) is 3.22. The molecule has 2 rings (SSSR count). The summed E-state index contributed by atoms with van der Waals surface area (Å²) in [6.45, 7) is 0. The Kier molecular flexibility index (Phi) is 4.57. The Morgan fingerprint density at radius 2 is 2.15 bits per heavy atom. The molecule has 6 nitrogen and oxygen atoms in total. The van der Waals surface area contributed by atoms with Crippen LogP contribution in [0.1, 0.15) is 12.0 Å². The van der Waals surface area contributed by atoms with Gasteiger partial charge in [-0.2, -0.15) is 0 Å². The second kappa shape index (κ2) is 6.38. The number of carbonyl (C=O) groups is 2. The molecule has 1 aliphatic heterocycles. The van der Waals surface area contributed by atoms with Gasteiger partial charge in [-0.3, -0.25) is 4.79 Å². The number of nitrogens with one attached hydrogen (secondary N) is 1. The minimum absolute atomic E-state index is 0.207. The second-order valence-electron chi connectivity index (χ2n) is 4.66. The maximum absolute atomic E-state index is 11.4. The van der Waals surface area contributed by atoms with Crippen molar-refractivity contribution in [1.29, 1.82) is 0 Å². The molecule has 108 valence electrons. The van der Waals surface area contributed by atoms with E-state index in [1.54, 1.807) is 0 Å². The molecule has 1 heterocycles. The van der Waals surface area contributed by atoms with Crippen molar-refractivity contribution in [3.05, 3.63) is 35.9 Å². The van der Waals surface area contributed by atoms with Gasteiger partial charge in [-0.25, -0.2) is 4.79 Å². The summed E-state index contributed by atoms with van der Waals surface area (Å²) >= 11 is 0. The zero-order valence-corrected chi connectivity index (χ0v) is 11.1. The lowest BCUT2D eigenvalue weighted by molar-refractivity contribution is -0.144. The number of methoxy groups -OCH3 is 1. The van der Waals surface area contributed by atoms with E-state index < -0.39 is 24.3 Å². The highest BCUT2D eigenvalue weighted by atomic mass is 16.6. The molecule has 20 heavy (non-hydrogen) atoms. The average molecular weight is 279 g/mol. The summed E-state index contributed by atoms with van der Waals surface area (Å²) in [5, 5.41) is 12.6. The number of ether oxygens (including phenoxy) is 2. The van der Waals surface area contributed by atoms with Crippen LogP contribution in [-0.4, -0.2) is 42.5 Å². The average Bonchev–Trinajstić information content (AvgIpc) is 2.80. The maximum atomic E-state index is 11.4. The fourth-order valence-corrected chi connectivity index (χ4v) is 2.23. The van der Waals surface area contributed by atoms with Crippen LogP contribution in [0.15, 0.2) is 30.3 Å². The highest BCUT2D eigenvalue weighted by Gasteiger charge is 2.39. The van der Waals surface area contributed by atoms with Crippen LogP contribution in [0.5, 0.6) is 0 Å². The van der Waals surface area contributed by atoms with Gasteiger partial charge in [0.25, 0.3) is 0 Å². The number of esters is 1. The molecule has 1 aromatic rings. The van der Waals surface area contributed by atoms with Gasteiger partial charge < -0.3 is 19.9 Å². The van der Waals surface area contributed by atoms with Crippen molar-refractivity contribution in [2.24, 2.45) is 0 Å². The molecule has 0 saturated carbocycles. The number of amides is 1. The fourth-order valence-electron chi connectivity index (χ4n) is 2.23. The first kappa shape index (κ1) is 14.3. The van der Waals surface area contributed by atoms with Crippen LogP contribution in [0, 0.1) is 0 Å². The van der Waals surface area contributed by atoms with Crippen molar-refractivity contribution < 1.29 is 24.2 Å². The van der Waals surface area contributed by atoms with Gasteiger partial charge in [0.1, 0.15) is 6.10 Å². The molecule has 1 fully saturated rings. The summed E-state index contributed by atoms with van der Waals surface area (Å²) in [6.07, 6.45) is -2.12. The third-order valence-electron chi connectivity index (χ3n) is 3.22. The Bertz CT molecular complexity index is 476. The number of alkyl carbamates (subject to hydrolysis) is 1. The van der Waals surface area contributed by atoms with E-state index in [0.29, 0.717) is 6.42 Å². The molecule has 0 aromatic heterocycles. The quantitative estimate of drug-likeness (QED) is 0.772. The largest absolute Gasteiger partial charge is 0.469 e. The topological polar surface area (TPSA) is 84.9 Å². The lowest BCUT2D eigenvalue weighted by Gasteiger charge is -2.21. The normalized spacial score (nSPS) is 22.8. The van der Waals surface area contributed by atoms with Gasteiger partial charge in [0.2, 0.25) is 0 Å². The van der Waals surface area contributed by atoms with E-state index in [0.717, 1.165) is 5.56 Å². The minimum atomic E-state index is -1.09. The molecule has 6 heteroatoms. The number of carbonyl (C=O) groups excluding carboxylic acids is 2. The van der Waals surface area contributed by atoms with E-state index in [2.05, 4.69) is 10.1 Å². The predicted molar refractivity (Wildman–Crippen MR) is 70.0 cm³/mol. The second-order valence-corrected chi connectivity index (χ2v) is 4.66. The maximum Gasteiger partial charge on any atom is 0.407 e. The van der Waals surface area contributed by atoms with Gasteiger partial charge in [-0.1, -0.05) is 30.3 Å². The molecular weight excluding hydrogens is 262 g/mol. The molecule has 3 atom stereocenters. The van der Waals surface area contributed by atoms with Crippen LogP contribution >= 0.6 is 0 Å². The van der Waals surface area contributed by atoms with Crippen LogP contribution in [-0.2, 0) is 20.7 Å². The number of aliphatic hydroxyl groups excluding tert-OH is 1. The van der Waals surface area contributed by atoms with Gasteiger partial charge in [0, 0.05) is 0 Å². The molecule has 2 N–H and O–H groups in total. The lowest BCUT2D eigenvalue weighted by Crippen LogP contribution is -2.41. The Hall–Kier alpha value is -2.08. The Labute approximate surface area is 116 Å². The van der Waals surface area contributed by atoms with Gasteiger partial charge >= 0.3 is 12.1 Å². The van der Waals surface area contributed by atoms with E-state index in [-0.39, 0.29) is 12.5 Å². The molecule has 0 bridgehead atoms. The summed E-state index contributed by atoms with van der Waals surface area (Å²) in [5.74, 6) is -0.543. The van der Waals surface area contributed by atoms with E-state index in [1.807, 2.05) is 30.3 Å². The molecule has 0 radical (unpaired) electrons. The van der Waals surface area contributed by atoms with E-state index in [1.165, 1.54) is 7.11 Å². The van der Waals surface area contributed by atoms with Crippen molar-refractivity contribution in [2.75, 3.05) is 7.11 Å². The highest BCUT2D eigenvalue weighted by molar-refractivity contribution is 5.72. The summed E-state index contributed by atoms with van der Waals surface area (Å²) in [5.41, 5.74) is 1.01. The van der Waals surface area contributed by atoms with Crippen LogP contribution in [0.25, 0.3) is 0 Å². The van der Waals surface area contributed by atoms with Gasteiger partial charge in [0.15, 0.2) is 6.10 Å². The van der Waals surface area contributed by atoms with Crippen molar-refractivity contribution >= 4 is 12.1 Å². The number of cyclic esters (lactones) is 1. The number of benzene rings is 1. The molecule has 1 amide bonds. The first-order valence-corrected chi connectivity index (χ1v) is 6.36. The summed E-state index contributed by atoms with van der Waals surface area (Å²) in [7, 11) is 1.25. The molecule has 0 unspecified atom stereocenters. The van der Waals surface area contributed by atoms with E-state index in [4.69, 9.17) is 4.74 Å². The molecular formula is C14H17NO5. The van der Waals surface area contributed by atoms with Crippen molar-refractivity contribution in [1.82, 2.24) is 5.32 Å². The summed E-state index contributed by atoms with van der Waals surface area (Å²) in [6, 6.07) is 9.17. The molecule has 0 spiro atoms. The monoisotopic (exact) mass is 279 g/mol. The van der Waals surface area contributed by atoms with Crippen LogP contribution < -0.4 is 5.32 Å². The Morgan fingerprint density at radius 1 is 1.45 bits per heavy atom. The Morgan fingerprint density at radius 3 is 2.80 bits per heavy atom. The lowest BCUT2D eigenvalue weighted by atomic mass is 9.97. The summed E-state index contributed by atoms with van der Waals surface area (Å²) in [4.78, 5) is 22.5. The standard InChI is InChI=1S/C14H17NO5/c1-19-12(17)8-11(16)13-10(15-14(18)20-13)7-9-5-3-2-4-6-9/h2-6,10-11,13,16H,7-8H2,1H3,(H,15,18)/t10-,11-,13-/m0/s1. The first-order chi connectivity index (χ1) is 9.60. The SMILES string of the molecule is COC(=O)C[C@H](O)[C@H]1OC(=O)N[C@H]1Cc1ccccc1. The minimum Gasteiger partial charge on any atom is -0.469 e. The zero-order valence-electron chi connectivity index (χ0n) is 11.1. The van der Waals surface area contributed by atoms with Gasteiger partial charge in [-0.05, 0) is 12.0 Å². The molecule has 1 aliphatic rings. The van der Waals surface area contributed by atoms with Gasteiger partial charge in [-0.15, -0.1) is 0 Å². The van der Waals surface area contributed by atoms with Crippen molar-refractivity contribution in [3.8, 4) is 0 Å². The van der Waals surface area contributed by atoms with Crippen molar-refractivity contribution in [3.63, 3.8) is 0 Å². The van der Waals surface area contributed by atoms with Crippen LogP contribution in [0.3, 0.4) is 0 Å². The number of hydrogen-bond acceptors (Lipinski definition) is 5. The first-order valence-electron chi connectivity index (χ1n) is 6.36. The van der Waals surface area contributed by atoms with E-state index in [9.17, 15) is 14.7 Å². The van der Waals surface area contributed by atoms with Crippen LogP contribution in [0.4, 0.5) is 4.79 Å². The van der Waals surface area contributed by atoms with Gasteiger partial charge in [0.05, 0.1) is 19.6 Å². The Balaban J connectivity index is 2.02. The summed E-state index contributed by atoms with van der Waals surface area (Å²) < 4.78 is 9.55. The smallest absolute Gasteiger partial charge is 0.407 e. The molecule has 1 aromatic carbocycles. The highest BCUT2D eigenvalue weighted by Crippen LogP contribution is 2.19. The zero-order chi connectivity index (χ0) is 14.5. The van der Waals surface area contributed by atoms with Crippen LogP contribution in [0.2, 0.25) is 0 Å². The molecule has 1 saturated heterocycles.